The number of halogens is 1. The van der Waals surface area contributed by atoms with Crippen molar-refractivity contribution in [2.24, 2.45) is 4.99 Å². The van der Waals surface area contributed by atoms with Gasteiger partial charge in [-0.2, -0.15) is 0 Å². The van der Waals surface area contributed by atoms with E-state index in [-0.39, 0.29) is 18.3 Å². The summed E-state index contributed by atoms with van der Waals surface area (Å²) in [6.07, 6.45) is 3.89. The molecule has 3 heteroatoms. The lowest BCUT2D eigenvalue weighted by Gasteiger charge is -2.09. The first kappa shape index (κ1) is 10.8. The molecule has 0 radical (unpaired) electrons. The van der Waals surface area contributed by atoms with E-state index in [9.17, 15) is 4.79 Å². The zero-order valence-corrected chi connectivity index (χ0v) is 9.54. The standard InChI is InChI=1S/C13H9NO.ClH/c1-8-6-11-10-5-3-2-4-9(10)7-12(11)13(15)14-8;/h2-7H,1H3;1H. The monoisotopic (exact) mass is 231 g/mol. The van der Waals surface area contributed by atoms with E-state index < -0.39 is 0 Å². The van der Waals surface area contributed by atoms with E-state index in [1.54, 1.807) is 0 Å². The SMILES string of the molecule is CC1=NC(=O)C2=Cc3ccccc3C2=C1.Cl. The van der Waals surface area contributed by atoms with Crippen LogP contribution in [0.3, 0.4) is 0 Å². The number of aliphatic imine (C=N–C) groups is 1. The average Bonchev–Trinajstić information content (AvgIpc) is 2.57. The van der Waals surface area contributed by atoms with Crippen LogP contribution in [0.2, 0.25) is 0 Å². The number of allylic oxidation sites excluding steroid dienone is 1. The van der Waals surface area contributed by atoms with Gasteiger partial charge in [0.15, 0.2) is 0 Å². The van der Waals surface area contributed by atoms with Crippen molar-refractivity contribution in [1.29, 1.82) is 0 Å². The Hall–Kier alpha value is -1.67. The number of dihydropyridines is 1. The van der Waals surface area contributed by atoms with E-state index in [0.29, 0.717) is 0 Å². The summed E-state index contributed by atoms with van der Waals surface area (Å²) in [5.41, 5.74) is 4.76. The van der Waals surface area contributed by atoms with Crippen LogP contribution in [-0.4, -0.2) is 11.6 Å². The van der Waals surface area contributed by atoms with Crippen LogP contribution in [-0.2, 0) is 4.79 Å². The highest BCUT2D eigenvalue weighted by molar-refractivity contribution is 6.26. The van der Waals surface area contributed by atoms with Crippen LogP contribution in [0.5, 0.6) is 0 Å². The van der Waals surface area contributed by atoms with Crippen LogP contribution in [0.1, 0.15) is 18.1 Å². The van der Waals surface area contributed by atoms with E-state index in [2.05, 4.69) is 4.99 Å². The van der Waals surface area contributed by atoms with Gasteiger partial charge in [-0.1, -0.05) is 24.3 Å². The Morgan fingerprint density at radius 3 is 2.62 bits per heavy atom. The van der Waals surface area contributed by atoms with Gasteiger partial charge in [0.05, 0.1) is 5.57 Å². The molecule has 0 fully saturated rings. The third-order valence-corrected chi connectivity index (χ3v) is 2.70. The Labute approximate surface area is 99.8 Å². The molecular formula is C13H10ClNO. The summed E-state index contributed by atoms with van der Waals surface area (Å²) in [5, 5.41) is 0. The van der Waals surface area contributed by atoms with Crippen molar-refractivity contribution in [3.63, 3.8) is 0 Å². The van der Waals surface area contributed by atoms with Crippen molar-refractivity contribution in [2.45, 2.75) is 6.92 Å². The number of carbonyl (C=O) groups is 1. The van der Waals surface area contributed by atoms with E-state index >= 15 is 0 Å². The molecule has 1 aliphatic heterocycles. The minimum atomic E-state index is -0.124. The predicted octanol–water partition coefficient (Wildman–Crippen LogP) is 2.89. The average molecular weight is 232 g/mol. The molecule has 2 nitrogen and oxygen atoms in total. The normalized spacial score (nSPS) is 16.6. The molecule has 0 atom stereocenters. The molecule has 1 aromatic rings. The molecule has 0 bridgehead atoms. The summed E-state index contributed by atoms with van der Waals surface area (Å²) >= 11 is 0. The second-order valence-corrected chi connectivity index (χ2v) is 3.76. The quantitative estimate of drug-likeness (QED) is 0.675. The van der Waals surface area contributed by atoms with Gasteiger partial charge in [-0.25, -0.2) is 4.99 Å². The maximum Gasteiger partial charge on any atom is 0.277 e. The molecule has 1 aliphatic carbocycles. The topological polar surface area (TPSA) is 29.4 Å². The zero-order chi connectivity index (χ0) is 10.4. The number of nitrogens with zero attached hydrogens (tertiary/aromatic N) is 1. The molecule has 0 aromatic heterocycles. The highest BCUT2D eigenvalue weighted by Crippen LogP contribution is 2.37. The molecule has 2 aliphatic rings. The Balaban J connectivity index is 0.000000963. The molecule has 0 unspecified atom stereocenters. The van der Waals surface area contributed by atoms with Gasteiger partial charge in [0.25, 0.3) is 5.91 Å². The molecule has 16 heavy (non-hydrogen) atoms. The van der Waals surface area contributed by atoms with Gasteiger partial charge in [-0.05, 0) is 35.8 Å². The Morgan fingerprint density at radius 1 is 1.06 bits per heavy atom. The minimum Gasteiger partial charge on any atom is -0.267 e. The molecule has 1 aromatic carbocycles. The maximum atomic E-state index is 11.7. The minimum absolute atomic E-state index is 0. The number of benzene rings is 1. The number of fused-ring (bicyclic) bond motifs is 3. The highest BCUT2D eigenvalue weighted by Gasteiger charge is 2.26. The lowest BCUT2D eigenvalue weighted by atomic mass is 9.99. The zero-order valence-electron chi connectivity index (χ0n) is 8.73. The van der Waals surface area contributed by atoms with Gasteiger partial charge in [-0.15, -0.1) is 12.4 Å². The van der Waals surface area contributed by atoms with E-state index in [1.807, 2.05) is 43.3 Å². The van der Waals surface area contributed by atoms with Gasteiger partial charge in [-0.3, -0.25) is 4.79 Å². The van der Waals surface area contributed by atoms with Crippen LogP contribution in [0.25, 0.3) is 11.6 Å². The first-order valence-electron chi connectivity index (χ1n) is 4.88. The maximum absolute atomic E-state index is 11.7. The van der Waals surface area contributed by atoms with Crippen molar-refractivity contribution in [2.75, 3.05) is 0 Å². The molecule has 0 saturated heterocycles. The fourth-order valence-corrected chi connectivity index (χ4v) is 2.04. The Morgan fingerprint density at radius 2 is 1.81 bits per heavy atom. The summed E-state index contributed by atoms with van der Waals surface area (Å²) in [4.78, 5) is 15.6. The van der Waals surface area contributed by atoms with E-state index in [4.69, 9.17) is 0 Å². The van der Waals surface area contributed by atoms with Crippen LogP contribution < -0.4 is 0 Å². The molecule has 80 valence electrons. The number of rotatable bonds is 0. The van der Waals surface area contributed by atoms with Crippen molar-refractivity contribution in [1.82, 2.24) is 0 Å². The first-order chi connectivity index (χ1) is 7.25. The number of carbonyl (C=O) groups excluding carboxylic acids is 1. The fourth-order valence-electron chi connectivity index (χ4n) is 2.04. The number of amides is 1. The summed E-state index contributed by atoms with van der Waals surface area (Å²) in [5.74, 6) is -0.124. The highest BCUT2D eigenvalue weighted by atomic mass is 35.5. The summed E-state index contributed by atoms with van der Waals surface area (Å²) in [6, 6.07) is 8.02. The first-order valence-corrected chi connectivity index (χ1v) is 4.88. The second-order valence-electron chi connectivity index (χ2n) is 3.76. The number of hydrogen-bond acceptors (Lipinski definition) is 1. The molecule has 0 spiro atoms. The van der Waals surface area contributed by atoms with Crippen LogP contribution in [0.15, 0.2) is 40.9 Å². The van der Waals surface area contributed by atoms with Crippen molar-refractivity contribution in [3.8, 4) is 0 Å². The van der Waals surface area contributed by atoms with Gasteiger partial charge < -0.3 is 0 Å². The van der Waals surface area contributed by atoms with Crippen LogP contribution in [0.4, 0.5) is 0 Å². The van der Waals surface area contributed by atoms with Gasteiger partial charge in [0, 0.05) is 5.71 Å². The van der Waals surface area contributed by atoms with Crippen molar-refractivity contribution < 1.29 is 4.79 Å². The molecule has 0 saturated carbocycles. The second kappa shape index (κ2) is 3.72. The third-order valence-electron chi connectivity index (χ3n) is 2.70. The van der Waals surface area contributed by atoms with Crippen LogP contribution in [0, 0.1) is 0 Å². The van der Waals surface area contributed by atoms with Gasteiger partial charge in [0.1, 0.15) is 0 Å². The molecule has 1 heterocycles. The van der Waals surface area contributed by atoms with Crippen molar-refractivity contribution >= 4 is 35.7 Å². The third kappa shape index (κ3) is 1.42. The Kier molecular flexibility index (Phi) is 2.52. The molecule has 3 rings (SSSR count). The summed E-state index contributed by atoms with van der Waals surface area (Å²) < 4.78 is 0. The van der Waals surface area contributed by atoms with Crippen molar-refractivity contribution in [3.05, 3.63) is 47.0 Å². The van der Waals surface area contributed by atoms with Crippen LogP contribution >= 0.6 is 12.4 Å². The van der Waals surface area contributed by atoms with E-state index in [1.165, 1.54) is 0 Å². The summed E-state index contributed by atoms with van der Waals surface area (Å²) in [7, 11) is 0. The van der Waals surface area contributed by atoms with E-state index in [0.717, 1.165) is 28.0 Å². The lowest BCUT2D eigenvalue weighted by molar-refractivity contribution is -0.113. The van der Waals surface area contributed by atoms with Gasteiger partial charge in [0.2, 0.25) is 0 Å². The smallest absolute Gasteiger partial charge is 0.267 e. The van der Waals surface area contributed by atoms with Gasteiger partial charge >= 0.3 is 0 Å². The lowest BCUT2D eigenvalue weighted by Crippen LogP contribution is -2.07. The number of hydrogen-bond donors (Lipinski definition) is 0. The summed E-state index contributed by atoms with van der Waals surface area (Å²) in [6.45, 7) is 1.85. The molecular weight excluding hydrogens is 222 g/mol. The fraction of sp³-hybridized carbons (Fsp3) is 0.0769. The largest absolute Gasteiger partial charge is 0.277 e. The molecule has 0 N–H and O–H groups in total. The predicted molar refractivity (Wildman–Crippen MR) is 67.8 cm³/mol. The molecule has 1 amide bonds. The Bertz CT molecular complexity index is 567.